The number of carbonyl (C=O) groups excluding carboxylic acids is 1. The van der Waals surface area contributed by atoms with Crippen LogP contribution in [0.5, 0.6) is 0 Å². The first-order valence-corrected chi connectivity index (χ1v) is 7.53. The molecule has 0 fully saturated rings. The van der Waals surface area contributed by atoms with Crippen LogP contribution < -0.4 is 5.32 Å². The van der Waals surface area contributed by atoms with Gasteiger partial charge in [-0.15, -0.1) is 0 Å². The molecule has 2 aromatic carbocycles. The lowest BCUT2D eigenvalue weighted by Crippen LogP contribution is -2.14. The molecule has 0 aromatic heterocycles. The van der Waals surface area contributed by atoms with E-state index in [9.17, 15) is 13.6 Å². The van der Waals surface area contributed by atoms with Gasteiger partial charge in [0.1, 0.15) is 5.69 Å². The Morgan fingerprint density at radius 1 is 1.10 bits per heavy atom. The van der Waals surface area contributed by atoms with Crippen LogP contribution in [0.3, 0.4) is 0 Å². The Morgan fingerprint density at radius 3 is 2.15 bits per heavy atom. The van der Waals surface area contributed by atoms with Crippen molar-refractivity contribution in [3.8, 4) is 0 Å². The highest BCUT2D eigenvalue weighted by Crippen LogP contribution is 2.24. The van der Waals surface area contributed by atoms with Crippen molar-refractivity contribution >= 4 is 43.5 Å². The van der Waals surface area contributed by atoms with Crippen molar-refractivity contribution < 1.29 is 13.6 Å². The highest BCUT2D eigenvalue weighted by molar-refractivity contribution is 9.10. The molecule has 0 bridgehead atoms. The normalized spacial score (nSPS) is 10.4. The van der Waals surface area contributed by atoms with E-state index in [2.05, 4.69) is 37.2 Å². The van der Waals surface area contributed by atoms with Crippen LogP contribution in [0, 0.1) is 11.6 Å². The predicted octanol–water partition coefficient (Wildman–Crippen LogP) is 4.87. The fourth-order valence-electron chi connectivity index (χ4n) is 1.59. The monoisotopic (exact) mass is 403 g/mol. The van der Waals surface area contributed by atoms with E-state index in [0.29, 0.717) is 10.9 Å². The van der Waals surface area contributed by atoms with E-state index in [1.54, 1.807) is 24.3 Å². The zero-order valence-corrected chi connectivity index (χ0v) is 13.3. The summed E-state index contributed by atoms with van der Waals surface area (Å²) in [7, 11) is 0. The lowest BCUT2D eigenvalue weighted by Gasteiger charge is -2.08. The van der Waals surface area contributed by atoms with Gasteiger partial charge in [-0.1, -0.05) is 44.0 Å². The van der Waals surface area contributed by atoms with E-state index in [4.69, 9.17) is 0 Å². The summed E-state index contributed by atoms with van der Waals surface area (Å²) in [6.45, 7) is 0. The smallest absolute Gasteiger partial charge is 0.255 e. The largest absolute Gasteiger partial charge is 0.317 e. The first kappa shape index (κ1) is 15.1. The minimum absolute atomic E-state index is 0.271. The van der Waals surface area contributed by atoms with Crippen molar-refractivity contribution in [3.05, 3.63) is 63.6 Å². The number of nitrogens with one attached hydrogen (secondary N) is 1. The maximum absolute atomic E-state index is 13.6. The number of halogens is 4. The van der Waals surface area contributed by atoms with E-state index >= 15 is 0 Å². The van der Waals surface area contributed by atoms with Gasteiger partial charge in [0.05, 0.1) is 0 Å². The number of benzene rings is 2. The first-order valence-electron chi connectivity index (χ1n) is 5.62. The standard InChI is InChI=1S/C14H9Br2F2NO/c15-7-8-1-3-9(4-2-8)14(20)19-13-11(17)5-10(16)6-12(13)18/h1-6H,7H2,(H,19,20). The Hall–Kier alpha value is -1.27. The zero-order chi connectivity index (χ0) is 14.7. The molecule has 0 aliphatic carbocycles. The quantitative estimate of drug-likeness (QED) is 0.726. The second-order valence-corrected chi connectivity index (χ2v) is 5.51. The number of amides is 1. The van der Waals surface area contributed by atoms with Gasteiger partial charge in [-0.3, -0.25) is 4.79 Å². The molecule has 6 heteroatoms. The summed E-state index contributed by atoms with van der Waals surface area (Å²) in [5.41, 5.74) is 0.877. The second-order valence-electron chi connectivity index (χ2n) is 4.03. The van der Waals surface area contributed by atoms with Gasteiger partial charge in [0.2, 0.25) is 0 Å². The number of alkyl halides is 1. The van der Waals surface area contributed by atoms with Crippen molar-refractivity contribution in [3.63, 3.8) is 0 Å². The molecule has 0 radical (unpaired) electrons. The molecular weight excluding hydrogens is 396 g/mol. The van der Waals surface area contributed by atoms with Crippen molar-refractivity contribution in [1.82, 2.24) is 0 Å². The molecule has 0 aliphatic heterocycles. The number of hydrogen-bond acceptors (Lipinski definition) is 1. The van der Waals surface area contributed by atoms with Gasteiger partial charge < -0.3 is 5.32 Å². The molecule has 0 saturated heterocycles. The van der Waals surface area contributed by atoms with Gasteiger partial charge in [-0.2, -0.15) is 0 Å². The first-order chi connectivity index (χ1) is 9.51. The van der Waals surface area contributed by atoms with E-state index in [1.165, 1.54) is 0 Å². The summed E-state index contributed by atoms with van der Waals surface area (Å²) in [5, 5.41) is 2.91. The molecule has 2 nitrogen and oxygen atoms in total. The summed E-state index contributed by atoms with van der Waals surface area (Å²) in [4.78, 5) is 11.9. The van der Waals surface area contributed by atoms with Crippen LogP contribution in [0.1, 0.15) is 15.9 Å². The van der Waals surface area contributed by atoms with Gasteiger partial charge in [-0.05, 0) is 29.8 Å². The number of rotatable bonds is 3. The summed E-state index contributed by atoms with van der Waals surface area (Å²) in [6.07, 6.45) is 0. The lowest BCUT2D eigenvalue weighted by atomic mass is 10.1. The van der Waals surface area contributed by atoms with E-state index in [0.717, 1.165) is 17.7 Å². The summed E-state index contributed by atoms with van der Waals surface area (Å²) < 4.78 is 27.5. The molecule has 0 atom stereocenters. The minimum Gasteiger partial charge on any atom is -0.317 e. The summed E-state index contributed by atoms with van der Waals surface area (Å²) in [5.74, 6) is -2.23. The molecule has 20 heavy (non-hydrogen) atoms. The topological polar surface area (TPSA) is 29.1 Å². The Balaban J connectivity index is 2.23. The van der Waals surface area contributed by atoms with Crippen LogP contribution in [0.2, 0.25) is 0 Å². The SMILES string of the molecule is O=C(Nc1c(F)cc(Br)cc1F)c1ccc(CBr)cc1. The minimum atomic E-state index is -0.831. The summed E-state index contributed by atoms with van der Waals surface area (Å²) in [6, 6.07) is 8.90. The van der Waals surface area contributed by atoms with Crippen LogP contribution in [-0.2, 0) is 5.33 Å². The molecule has 104 valence electrons. The second kappa shape index (κ2) is 6.45. The van der Waals surface area contributed by atoms with Crippen molar-refractivity contribution in [2.24, 2.45) is 0 Å². The van der Waals surface area contributed by atoms with Gasteiger partial charge in [-0.25, -0.2) is 8.78 Å². The number of anilines is 1. The zero-order valence-electron chi connectivity index (χ0n) is 10.1. The maximum atomic E-state index is 13.6. The highest BCUT2D eigenvalue weighted by atomic mass is 79.9. The third-order valence-corrected chi connectivity index (χ3v) is 3.72. The van der Waals surface area contributed by atoms with Gasteiger partial charge in [0.25, 0.3) is 5.91 Å². The van der Waals surface area contributed by atoms with Crippen LogP contribution >= 0.6 is 31.9 Å². The van der Waals surface area contributed by atoms with Crippen molar-refractivity contribution in [2.75, 3.05) is 5.32 Å². The van der Waals surface area contributed by atoms with Crippen LogP contribution in [0.25, 0.3) is 0 Å². The molecule has 0 aliphatic rings. The molecule has 1 amide bonds. The molecule has 0 heterocycles. The van der Waals surface area contributed by atoms with Gasteiger partial charge in [0, 0.05) is 15.4 Å². The van der Waals surface area contributed by atoms with Crippen LogP contribution in [0.15, 0.2) is 40.9 Å². The Morgan fingerprint density at radius 2 is 1.65 bits per heavy atom. The number of carbonyl (C=O) groups is 1. The summed E-state index contributed by atoms with van der Waals surface area (Å²) >= 11 is 6.27. The molecule has 1 N–H and O–H groups in total. The predicted molar refractivity (Wildman–Crippen MR) is 81.1 cm³/mol. The van der Waals surface area contributed by atoms with E-state index < -0.39 is 23.2 Å². The maximum Gasteiger partial charge on any atom is 0.255 e. The Kier molecular flexibility index (Phi) is 4.88. The van der Waals surface area contributed by atoms with Crippen LogP contribution in [0.4, 0.5) is 14.5 Å². The molecule has 2 aromatic rings. The van der Waals surface area contributed by atoms with E-state index in [-0.39, 0.29) is 4.47 Å². The lowest BCUT2D eigenvalue weighted by molar-refractivity contribution is 0.102. The third-order valence-electron chi connectivity index (χ3n) is 2.62. The van der Waals surface area contributed by atoms with Crippen molar-refractivity contribution in [1.29, 1.82) is 0 Å². The molecule has 2 rings (SSSR count). The molecular formula is C14H9Br2F2NO. The van der Waals surface area contributed by atoms with Gasteiger partial charge >= 0.3 is 0 Å². The van der Waals surface area contributed by atoms with Gasteiger partial charge in [0.15, 0.2) is 11.6 Å². The Labute approximate surface area is 131 Å². The number of hydrogen-bond donors (Lipinski definition) is 1. The fourth-order valence-corrected chi connectivity index (χ4v) is 2.37. The molecule has 0 saturated carbocycles. The highest BCUT2D eigenvalue weighted by Gasteiger charge is 2.14. The van der Waals surface area contributed by atoms with Crippen LogP contribution in [-0.4, -0.2) is 5.91 Å². The fraction of sp³-hybridized carbons (Fsp3) is 0.0714. The third kappa shape index (κ3) is 3.43. The molecule has 0 spiro atoms. The average molecular weight is 405 g/mol. The molecule has 0 unspecified atom stereocenters. The van der Waals surface area contributed by atoms with Crippen molar-refractivity contribution in [2.45, 2.75) is 5.33 Å². The Bertz CT molecular complexity index is 621. The average Bonchev–Trinajstić information content (AvgIpc) is 2.42. The van der Waals surface area contributed by atoms with E-state index in [1.807, 2.05) is 0 Å².